The van der Waals surface area contributed by atoms with Gasteiger partial charge in [0.2, 0.25) is 0 Å². The van der Waals surface area contributed by atoms with Gasteiger partial charge in [-0.05, 0) is 47.3 Å². The van der Waals surface area contributed by atoms with Gasteiger partial charge in [-0.25, -0.2) is 0 Å². The minimum atomic E-state index is -0.0608. The second-order valence-electron chi connectivity index (χ2n) is 6.89. The maximum Gasteiger partial charge on any atom is 0.0939 e. The van der Waals surface area contributed by atoms with Crippen molar-refractivity contribution in [1.82, 2.24) is 0 Å². The van der Waals surface area contributed by atoms with Crippen LogP contribution >= 0.6 is 0 Å². The zero-order valence-corrected chi connectivity index (χ0v) is 14.1. The Morgan fingerprint density at radius 2 is 1.29 bits per heavy atom. The first-order chi connectivity index (χ1) is 11.9. The van der Waals surface area contributed by atoms with E-state index in [2.05, 4.69) is 72.8 Å². The van der Waals surface area contributed by atoms with E-state index in [0.29, 0.717) is 0 Å². The molecule has 2 aromatic rings. The third kappa shape index (κ3) is 3.09. The number of hydrogen-bond acceptors (Lipinski definition) is 1. The van der Waals surface area contributed by atoms with Crippen LogP contribution in [0.4, 0.5) is 0 Å². The topological polar surface area (TPSA) is 9.23 Å². The predicted octanol–water partition coefficient (Wildman–Crippen LogP) is 5.89. The molecule has 0 radical (unpaired) electrons. The molecule has 2 fully saturated rings. The van der Waals surface area contributed by atoms with Gasteiger partial charge in [-0.2, -0.15) is 0 Å². The van der Waals surface area contributed by atoms with Crippen molar-refractivity contribution < 1.29 is 4.74 Å². The van der Waals surface area contributed by atoms with Gasteiger partial charge in [0, 0.05) is 0 Å². The van der Waals surface area contributed by atoms with Crippen molar-refractivity contribution in [2.45, 2.75) is 37.7 Å². The van der Waals surface area contributed by atoms with E-state index in [9.17, 15) is 0 Å². The standard InChI is InChI=1S/C23H24O/c1-4-10-19(11-5-1)16-21-18-24-23(14-8-3-9-15-23)22(21)17-20-12-6-2-7-13-20/h1-2,4-7,10-13,16-17H,3,8-9,14-15,18H2/b21-16+,22-17+. The van der Waals surface area contributed by atoms with Crippen molar-refractivity contribution in [3.05, 3.63) is 82.9 Å². The molecule has 0 bridgehead atoms. The molecule has 0 unspecified atom stereocenters. The first-order valence-corrected chi connectivity index (χ1v) is 9.03. The summed E-state index contributed by atoms with van der Waals surface area (Å²) in [5, 5.41) is 0. The van der Waals surface area contributed by atoms with Crippen molar-refractivity contribution in [1.29, 1.82) is 0 Å². The van der Waals surface area contributed by atoms with Crippen LogP contribution in [-0.2, 0) is 4.74 Å². The first-order valence-electron chi connectivity index (χ1n) is 9.03. The highest BCUT2D eigenvalue weighted by atomic mass is 16.5. The third-order valence-electron chi connectivity index (χ3n) is 5.25. The second kappa shape index (κ2) is 6.78. The Bertz CT molecular complexity index is 734. The van der Waals surface area contributed by atoms with Crippen molar-refractivity contribution in [2.24, 2.45) is 0 Å². The highest BCUT2D eigenvalue weighted by molar-refractivity contribution is 5.70. The van der Waals surface area contributed by atoms with E-state index in [1.807, 2.05) is 0 Å². The van der Waals surface area contributed by atoms with Gasteiger partial charge in [-0.1, -0.05) is 79.9 Å². The van der Waals surface area contributed by atoms with Crippen LogP contribution in [0.5, 0.6) is 0 Å². The van der Waals surface area contributed by atoms with Crippen LogP contribution in [0.25, 0.3) is 12.2 Å². The van der Waals surface area contributed by atoms with E-state index < -0.39 is 0 Å². The minimum Gasteiger partial charge on any atom is -0.366 e. The lowest BCUT2D eigenvalue weighted by Crippen LogP contribution is -2.32. The molecule has 1 spiro atoms. The fraction of sp³-hybridized carbons (Fsp3) is 0.304. The number of benzene rings is 2. The molecule has 0 aromatic heterocycles. The van der Waals surface area contributed by atoms with Crippen molar-refractivity contribution >= 4 is 12.2 Å². The monoisotopic (exact) mass is 316 g/mol. The van der Waals surface area contributed by atoms with Crippen LogP contribution in [0.15, 0.2) is 71.8 Å². The van der Waals surface area contributed by atoms with Crippen LogP contribution in [0.1, 0.15) is 43.2 Å². The van der Waals surface area contributed by atoms with E-state index in [-0.39, 0.29) is 5.60 Å². The molecule has 1 saturated heterocycles. The third-order valence-corrected chi connectivity index (χ3v) is 5.25. The Balaban J connectivity index is 1.76. The molecule has 4 rings (SSSR count). The average Bonchev–Trinajstić information content (AvgIpc) is 2.95. The van der Waals surface area contributed by atoms with E-state index >= 15 is 0 Å². The molecular formula is C23H24O. The molecular weight excluding hydrogens is 292 g/mol. The summed E-state index contributed by atoms with van der Waals surface area (Å²) in [7, 11) is 0. The molecule has 1 saturated carbocycles. The Kier molecular flexibility index (Phi) is 4.36. The molecule has 1 heterocycles. The number of rotatable bonds is 2. The van der Waals surface area contributed by atoms with Crippen LogP contribution in [0.3, 0.4) is 0 Å². The summed E-state index contributed by atoms with van der Waals surface area (Å²) in [6.07, 6.45) is 10.8. The van der Waals surface area contributed by atoms with Crippen molar-refractivity contribution in [3.63, 3.8) is 0 Å². The maximum absolute atomic E-state index is 6.41. The quantitative estimate of drug-likeness (QED) is 0.671. The normalized spacial score (nSPS) is 23.2. The van der Waals surface area contributed by atoms with Gasteiger partial charge in [0.05, 0.1) is 12.2 Å². The molecule has 2 aromatic carbocycles. The lowest BCUT2D eigenvalue weighted by Gasteiger charge is -2.34. The van der Waals surface area contributed by atoms with Crippen LogP contribution in [0.2, 0.25) is 0 Å². The Morgan fingerprint density at radius 3 is 1.92 bits per heavy atom. The minimum absolute atomic E-state index is 0.0608. The molecule has 0 amide bonds. The summed E-state index contributed by atoms with van der Waals surface area (Å²) in [6.45, 7) is 0.730. The van der Waals surface area contributed by atoms with Gasteiger partial charge in [0.1, 0.15) is 0 Å². The van der Waals surface area contributed by atoms with Crippen LogP contribution < -0.4 is 0 Å². The summed E-state index contributed by atoms with van der Waals surface area (Å²) >= 11 is 0. The van der Waals surface area contributed by atoms with Crippen molar-refractivity contribution in [3.8, 4) is 0 Å². The van der Waals surface area contributed by atoms with E-state index in [4.69, 9.17) is 4.74 Å². The Labute approximate surface area is 144 Å². The van der Waals surface area contributed by atoms with Crippen molar-refractivity contribution in [2.75, 3.05) is 6.61 Å². The molecule has 0 atom stereocenters. The van der Waals surface area contributed by atoms with Crippen LogP contribution in [0, 0.1) is 0 Å². The smallest absolute Gasteiger partial charge is 0.0939 e. The Hall–Kier alpha value is -2.12. The lowest BCUT2D eigenvalue weighted by atomic mass is 9.77. The summed E-state index contributed by atoms with van der Waals surface area (Å²) in [4.78, 5) is 0. The van der Waals surface area contributed by atoms with Crippen LogP contribution in [-0.4, -0.2) is 12.2 Å². The van der Waals surface area contributed by atoms with Gasteiger partial charge in [-0.3, -0.25) is 0 Å². The van der Waals surface area contributed by atoms with Gasteiger partial charge >= 0.3 is 0 Å². The second-order valence-corrected chi connectivity index (χ2v) is 6.89. The van der Waals surface area contributed by atoms with Gasteiger partial charge < -0.3 is 4.74 Å². The molecule has 0 N–H and O–H groups in total. The van der Waals surface area contributed by atoms with Gasteiger partial charge in [0.25, 0.3) is 0 Å². The average molecular weight is 316 g/mol. The highest BCUT2D eigenvalue weighted by Crippen LogP contribution is 2.46. The molecule has 1 aliphatic carbocycles. The zero-order chi connectivity index (χ0) is 16.2. The lowest BCUT2D eigenvalue weighted by molar-refractivity contribution is -0.00141. The predicted molar refractivity (Wildman–Crippen MR) is 101 cm³/mol. The SMILES string of the molecule is C(=C1/COC2(CCCCC2)/C1=C/c1ccccc1)/c1ccccc1. The molecule has 24 heavy (non-hydrogen) atoms. The van der Waals surface area contributed by atoms with E-state index in [1.165, 1.54) is 41.5 Å². The fourth-order valence-electron chi connectivity index (χ4n) is 4.01. The number of ether oxygens (including phenoxy) is 1. The van der Waals surface area contributed by atoms with E-state index in [1.54, 1.807) is 0 Å². The first kappa shape index (κ1) is 15.4. The van der Waals surface area contributed by atoms with Gasteiger partial charge in [-0.15, -0.1) is 0 Å². The van der Waals surface area contributed by atoms with E-state index in [0.717, 1.165) is 19.4 Å². The Morgan fingerprint density at radius 1 is 0.708 bits per heavy atom. The maximum atomic E-state index is 6.41. The number of hydrogen-bond donors (Lipinski definition) is 0. The summed E-state index contributed by atoms with van der Waals surface area (Å²) in [5.74, 6) is 0. The fourth-order valence-corrected chi connectivity index (χ4v) is 4.01. The van der Waals surface area contributed by atoms with Gasteiger partial charge in [0.15, 0.2) is 0 Å². The molecule has 1 heteroatoms. The highest BCUT2D eigenvalue weighted by Gasteiger charge is 2.42. The molecule has 1 nitrogen and oxygen atoms in total. The largest absolute Gasteiger partial charge is 0.366 e. The molecule has 122 valence electrons. The summed E-state index contributed by atoms with van der Waals surface area (Å²) < 4.78 is 6.41. The summed E-state index contributed by atoms with van der Waals surface area (Å²) in [6, 6.07) is 21.2. The summed E-state index contributed by atoms with van der Waals surface area (Å²) in [5.41, 5.74) is 5.20. The molecule has 2 aliphatic rings. The zero-order valence-electron chi connectivity index (χ0n) is 14.1. The molecule has 1 aliphatic heterocycles.